The summed E-state index contributed by atoms with van der Waals surface area (Å²) < 4.78 is 25.5. The van der Waals surface area contributed by atoms with Gasteiger partial charge < -0.3 is 30.3 Å². The third-order valence-corrected chi connectivity index (χ3v) is 7.56. The minimum atomic E-state index is -0.524. The molecule has 3 N–H and O–H groups in total. The number of anilines is 3. The zero-order valence-electron chi connectivity index (χ0n) is 27.6. The van der Waals surface area contributed by atoms with Crippen LogP contribution in [0.4, 0.5) is 21.6 Å². The van der Waals surface area contributed by atoms with Gasteiger partial charge in [-0.05, 0) is 63.5 Å². The quantitative estimate of drug-likeness (QED) is 0.108. The zero-order chi connectivity index (χ0) is 33.7. The number of rotatable bonds is 17. The lowest BCUT2D eigenvalue weighted by atomic mass is 9.88. The van der Waals surface area contributed by atoms with Crippen LogP contribution in [0.1, 0.15) is 53.4 Å². The molecule has 1 atom stereocenters. The molecule has 46 heavy (non-hydrogen) atoms. The standard InChI is InChI=1S/C34H46ClFN6O4/c1-23(34(2,3)4)39-31(43)11-8-7-9-16-45-17-18-46-30-21-28-25(20-29(30)41-32(44)12-10-15-42(5)6)33(38-22-37-28)40-24-13-14-27(36)26(35)19-24/h10,12-14,19-23H,7-9,11,15-18H2,1-6H3,(H,39,43)(H,41,44)(H,37,38,40)/b12-10+. The molecule has 1 aromatic heterocycles. The lowest BCUT2D eigenvalue weighted by Gasteiger charge is -2.28. The van der Waals surface area contributed by atoms with Crippen molar-refractivity contribution in [3.05, 3.63) is 59.7 Å². The molecule has 0 saturated carbocycles. The maximum atomic E-state index is 13.7. The first-order chi connectivity index (χ1) is 21.8. The summed E-state index contributed by atoms with van der Waals surface area (Å²) in [7, 11) is 3.83. The van der Waals surface area contributed by atoms with Gasteiger partial charge in [-0.25, -0.2) is 14.4 Å². The monoisotopic (exact) mass is 656 g/mol. The number of likely N-dealkylation sites (N-methyl/N-ethyl adjacent to an activating group) is 1. The Morgan fingerprint density at radius 2 is 1.85 bits per heavy atom. The zero-order valence-corrected chi connectivity index (χ0v) is 28.3. The highest BCUT2D eigenvalue weighted by Gasteiger charge is 2.21. The third-order valence-electron chi connectivity index (χ3n) is 7.27. The number of hydrogen-bond donors (Lipinski definition) is 3. The number of unbranched alkanes of at least 4 members (excludes halogenated alkanes) is 2. The van der Waals surface area contributed by atoms with Crippen molar-refractivity contribution in [1.82, 2.24) is 20.2 Å². The van der Waals surface area contributed by atoms with Crippen LogP contribution in [-0.2, 0) is 14.3 Å². The SMILES string of the molecule is CC(NC(=O)CCCCCOCCOc1cc2ncnc(Nc3ccc(F)c(Cl)c3)c2cc1NC(=O)/C=C/CN(C)C)C(C)(C)C. The number of benzene rings is 2. The summed E-state index contributed by atoms with van der Waals surface area (Å²) in [5.74, 6) is 0.109. The average Bonchev–Trinajstić information content (AvgIpc) is 2.98. The predicted molar refractivity (Wildman–Crippen MR) is 182 cm³/mol. The van der Waals surface area contributed by atoms with Crippen LogP contribution in [0.3, 0.4) is 0 Å². The molecule has 0 spiro atoms. The molecule has 2 amide bonds. The Morgan fingerprint density at radius 1 is 1.07 bits per heavy atom. The molecule has 250 valence electrons. The minimum absolute atomic E-state index is 0.0209. The van der Waals surface area contributed by atoms with E-state index in [0.717, 1.165) is 19.3 Å². The van der Waals surface area contributed by atoms with E-state index in [9.17, 15) is 14.0 Å². The average molecular weight is 657 g/mol. The Morgan fingerprint density at radius 3 is 2.57 bits per heavy atom. The second-order valence-corrected chi connectivity index (χ2v) is 12.8. The Hall–Kier alpha value is -3.80. The first kappa shape index (κ1) is 36.7. The number of aromatic nitrogens is 2. The fourth-order valence-corrected chi connectivity index (χ4v) is 4.35. The molecule has 0 aliphatic heterocycles. The van der Waals surface area contributed by atoms with E-state index in [0.29, 0.717) is 60.0 Å². The molecule has 0 fully saturated rings. The van der Waals surface area contributed by atoms with E-state index in [2.05, 4.69) is 46.7 Å². The van der Waals surface area contributed by atoms with Crippen LogP contribution in [0.25, 0.3) is 10.9 Å². The van der Waals surface area contributed by atoms with Gasteiger partial charge in [0.15, 0.2) is 0 Å². The second kappa shape index (κ2) is 17.8. The molecule has 0 saturated heterocycles. The van der Waals surface area contributed by atoms with Crippen molar-refractivity contribution >= 4 is 51.5 Å². The molecule has 0 aliphatic rings. The van der Waals surface area contributed by atoms with Crippen molar-refractivity contribution < 1.29 is 23.5 Å². The van der Waals surface area contributed by atoms with E-state index >= 15 is 0 Å². The van der Waals surface area contributed by atoms with Crippen molar-refractivity contribution in [3.8, 4) is 5.75 Å². The molecule has 1 unspecified atom stereocenters. The first-order valence-electron chi connectivity index (χ1n) is 15.5. The Kier molecular flexibility index (Phi) is 14.2. The topological polar surface area (TPSA) is 118 Å². The first-order valence-corrected chi connectivity index (χ1v) is 15.8. The highest BCUT2D eigenvalue weighted by molar-refractivity contribution is 6.31. The van der Waals surface area contributed by atoms with Gasteiger partial charge in [0, 0.05) is 48.8 Å². The van der Waals surface area contributed by atoms with Crippen LogP contribution < -0.4 is 20.7 Å². The van der Waals surface area contributed by atoms with Crippen LogP contribution >= 0.6 is 11.6 Å². The Balaban J connectivity index is 1.60. The van der Waals surface area contributed by atoms with Gasteiger partial charge in [0.05, 0.1) is 22.8 Å². The van der Waals surface area contributed by atoms with E-state index in [1.165, 1.54) is 24.5 Å². The second-order valence-electron chi connectivity index (χ2n) is 12.4. The number of nitrogens with one attached hydrogen (secondary N) is 3. The summed E-state index contributed by atoms with van der Waals surface area (Å²) in [5.41, 5.74) is 1.58. The van der Waals surface area contributed by atoms with Crippen molar-refractivity contribution in [1.29, 1.82) is 0 Å². The molecular formula is C34H46ClFN6O4. The maximum Gasteiger partial charge on any atom is 0.248 e. The highest BCUT2D eigenvalue weighted by Crippen LogP contribution is 2.34. The molecule has 0 aliphatic carbocycles. The maximum absolute atomic E-state index is 13.7. The third kappa shape index (κ3) is 12.2. The van der Waals surface area contributed by atoms with Crippen molar-refractivity contribution in [2.75, 3.05) is 51.1 Å². The number of halogens is 2. The van der Waals surface area contributed by atoms with Crippen LogP contribution in [0.15, 0.2) is 48.8 Å². The van der Waals surface area contributed by atoms with Gasteiger partial charge in [0.25, 0.3) is 0 Å². The minimum Gasteiger partial charge on any atom is -0.489 e. The molecule has 12 heteroatoms. The van der Waals surface area contributed by atoms with E-state index < -0.39 is 5.82 Å². The van der Waals surface area contributed by atoms with Crippen LogP contribution in [0.5, 0.6) is 5.75 Å². The van der Waals surface area contributed by atoms with E-state index in [1.807, 2.05) is 25.9 Å². The lowest BCUT2D eigenvalue weighted by molar-refractivity contribution is -0.122. The number of amides is 2. The number of ether oxygens (including phenoxy) is 2. The smallest absolute Gasteiger partial charge is 0.248 e. The molecule has 0 bridgehead atoms. The number of fused-ring (bicyclic) bond motifs is 1. The summed E-state index contributed by atoms with van der Waals surface area (Å²) in [6.07, 6.45) is 7.66. The summed E-state index contributed by atoms with van der Waals surface area (Å²) in [4.78, 5) is 35.6. The van der Waals surface area contributed by atoms with Gasteiger partial charge in [-0.15, -0.1) is 0 Å². The summed E-state index contributed by atoms with van der Waals surface area (Å²) in [6, 6.07) is 7.86. The normalized spacial score (nSPS) is 12.5. The largest absolute Gasteiger partial charge is 0.489 e. The van der Waals surface area contributed by atoms with Crippen molar-refractivity contribution in [2.45, 2.75) is 59.4 Å². The van der Waals surface area contributed by atoms with Crippen LogP contribution in [-0.4, -0.2) is 73.2 Å². The van der Waals surface area contributed by atoms with Gasteiger partial charge in [-0.2, -0.15) is 0 Å². The van der Waals surface area contributed by atoms with Crippen LogP contribution in [0.2, 0.25) is 5.02 Å². The number of nitrogens with zero attached hydrogens (tertiary/aromatic N) is 3. The fourth-order valence-electron chi connectivity index (χ4n) is 4.17. The van der Waals surface area contributed by atoms with E-state index in [4.69, 9.17) is 21.1 Å². The lowest BCUT2D eigenvalue weighted by Crippen LogP contribution is -2.41. The number of carbonyl (C=O) groups is 2. The van der Waals surface area contributed by atoms with Crippen LogP contribution in [0, 0.1) is 11.2 Å². The fraction of sp³-hybridized carbons (Fsp3) is 0.471. The Bertz CT molecular complexity index is 1490. The van der Waals surface area contributed by atoms with Gasteiger partial charge in [-0.3, -0.25) is 9.59 Å². The highest BCUT2D eigenvalue weighted by atomic mass is 35.5. The Labute approximate surface area is 276 Å². The van der Waals surface area contributed by atoms with E-state index in [1.54, 1.807) is 24.3 Å². The van der Waals surface area contributed by atoms with Gasteiger partial charge >= 0.3 is 0 Å². The summed E-state index contributed by atoms with van der Waals surface area (Å²) in [6.45, 7) is 10.1. The predicted octanol–water partition coefficient (Wildman–Crippen LogP) is 6.73. The van der Waals surface area contributed by atoms with E-state index in [-0.39, 0.29) is 34.9 Å². The summed E-state index contributed by atoms with van der Waals surface area (Å²) >= 11 is 5.96. The van der Waals surface area contributed by atoms with Crippen molar-refractivity contribution in [3.63, 3.8) is 0 Å². The molecular weight excluding hydrogens is 611 g/mol. The molecule has 3 aromatic rings. The molecule has 3 rings (SSSR count). The van der Waals surface area contributed by atoms with Gasteiger partial charge in [-0.1, -0.05) is 44.9 Å². The molecule has 2 aromatic carbocycles. The van der Waals surface area contributed by atoms with Gasteiger partial charge in [0.1, 0.15) is 30.3 Å². The summed E-state index contributed by atoms with van der Waals surface area (Å²) in [5, 5.41) is 9.69. The number of hydrogen-bond acceptors (Lipinski definition) is 8. The molecule has 1 heterocycles. The molecule has 0 radical (unpaired) electrons. The molecule has 10 nitrogen and oxygen atoms in total. The van der Waals surface area contributed by atoms with Crippen molar-refractivity contribution in [2.24, 2.45) is 5.41 Å². The van der Waals surface area contributed by atoms with Gasteiger partial charge in [0.2, 0.25) is 11.8 Å². The number of carbonyl (C=O) groups excluding carboxylic acids is 2.